The summed E-state index contributed by atoms with van der Waals surface area (Å²) in [7, 11) is 1.24. The zero-order valence-electron chi connectivity index (χ0n) is 21.9. The molecule has 0 radical (unpaired) electrons. The zero-order chi connectivity index (χ0) is 27.5. The molecule has 0 aromatic heterocycles. The quantitative estimate of drug-likeness (QED) is 0.369. The highest BCUT2D eigenvalue weighted by Gasteiger charge is 2.36. The Kier molecular flexibility index (Phi) is 12.0. The third kappa shape index (κ3) is 8.89. The van der Waals surface area contributed by atoms with Gasteiger partial charge in [0.2, 0.25) is 0 Å². The SMILES string of the molecule is COc1cc(C(=O)N2CCN(CCN3CCC(F)(F)CC3)C[C@H]2Cc2ccc(F)cc2)cc(C(F)(F)F)c1.Cl.Cl. The molecule has 0 saturated carbocycles. The summed E-state index contributed by atoms with van der Waals surface area (Å²) in [5.41, 5.74) is -0.305. The fourth-order valence-corrected chi connectivity index (χ4v) is 5.01. The second-order valence-corrected chi connectivity index (χ2v) is 9.93. The third-order valence-electron chi connectivity index (χ3n) is 7.25. The van der Waals surface area contributed by atoms with E-state index >= 15 is 0 Å². The van der Waals surface area contributed by atoms with Gasteiger partial charge in [0, 0.05) is 70.3 Å². The molecule has 13 heteroatoms. The monoisotopic (exact) mass is 615 g/mol. The molecule has 40 heavy (non-hydrogen) atoms. The Balaban J connectivity index is 0.00000280. The van der Waals surface area contributed by atoms with Crippen LogP contribution in [-0.4, -0.2) is 85.5 Å². The minimum atomic E-state index is -4.64. The number of carbonyl (C=O) groups excluding carboxylic acids is 1. The van der Waals surface area contributed by atoms with Crippen LogP contribution in [0.15, 0.2) is 42.5 Å². The van der Waals surface area contributed by atoms with Crippen molar-refractivity contribution >= 4 is 30.7 Å². The van der Waals surface area contributed by atoms with E-state index in [1.807, 2.05) is 4.90 Å². The van der Waals surface area contributed by atoms with E-state index in [1.165, 1.54) is 25.3 Å². The second-order valence-electron chi connectivity index (χ2n) is 9.93. The summed E-state index contributed by atoms with van der Waals surface area (Å²) in [5.74, 6) is -3.62. The number of halogens is 8. The molecule has 2 saturated heterocycles. The summed E-state index contributed by atoms with van der Waals surface area (Å²) in [6.45, 7) is 3.09. The van der Waals surface area contributed by atoms with Crippen LogP contribution < -0.4 is 4.74 Å². The molecule has 2 heterocycles. The summed E-state index contributed by atoms with van der Waals surface area (Å²) in [4.78, 5) is 19.2. The van der Waals surface area contributed by atoms with E-state index in [4.69, 9.17) is 4.74 Å². The molecule has 4 rings (SSSR count). The number of piperazine rings is 1. The summed E-state index contributed by atoms with van der Waals surface area (Å²) < 4.78 is 85.8. The number of likely N-dealkylation sites (tertiary alicyclic amines) is 1. The van der Waals surface area contributed by atoms with Crippen LogP contribution in [-0.2, 0) is 12.6 Å². The van der Waals surface area contributed by atoms with E-state index in [1.54, 1.807) is 17.0 Å². The lowest BCUT2D eigenvalue weighted by Crippen LogP contribution is -2.57. The maximum atomic E-state index is 13.5. The number of alkyl halides is 5. The van der Waals surface area contributed by atoms with Gasteiger partial charge in [-0.2, -0.15) is 13.2 Å². The van der Waals surface area contributed by atoms with Gasteiger partial charge in [0.1, 0.15) is 11.6 Å². The van der Waals surface area contributed by atoms with Gasteiger partial charge in [-0.1, -0.05) is 12.1 Å². The van der Waals surface area contributed by atoms with Crippen LogP contribution in [0.1, 0.15) is 34.3 Å². The van der Waals surface area contributed by atoms with E-state index < -0.39 is 29.4 Å². The van der Waals surface area contributed by atoms with Crippen molar-refractivity contribution in [2.75, 3.05) is 52.9 Å². The second kappa shape index (κ2) is 14.1. The minimum absolute atomic E-state index is 0. The fourth-order valence-electron chi connectivity index (χ4n) is 5.01. The van der Waals surface area contributed by atoms with Crippen LogP contribution in [0.5, 0.6) is 5.75 Å². The number of amides is 1. The number of ether oxygens (including phenoxy) is 1. The molecule has 0 N–H and O–H groups in total. The van der Waals surface area contributed by atoms with Gasteiger partial charge < -0.3 is 14.5 Å². The number of piperidine rings is 1. The van der Waals surface area contributed by atoms with Crippen LogP contribution in [0, 0.1) is 5.82 Å². The highest BCUT2D eigenvalue weighted by atomic mass is 35.5. The molecule has 2 aromatic carbocycles. The molecule has 2 aromatic rings. The average Bonchev–Trinajstić information content (AvgIpc) is 2.88. The molecule has 2 aliphatic heterocycles. The molecule has 1 atom stereocenters. The molecule has 2 aliphatic rings. The predicted octanol–water partition coefficient (Wildman–Crippen LogP) is 5.80. The minimum Gasteiger partial charge on any atom is -0.497 e. The predicted molar refractivity (Wildman–Crippen MR) is 144 cm³/mol. The molecule has 224 valence electrons. The highest BCUT2D eigenvalue weighted by molar-refractivity contribution is 5.95. The van der Waals surface area contributed by atoms with Crippen molar-refractivity contribution in [3.8, 4) is 5.75 Å². The van der Waals surface area contributed by atoms with E-state index in [2.05, 4.69) is 4.90 Å². The summed E-state index contributed by atoms with van der Waals surface area (Å²) in [6.07, 6.45) is -4.59. The van der Waals surface area contributed by atoms with Gasteiger partial charge in [0.25, 0.3) is 11.8 Å². The number of rotatable bonds is 7. The Bertz CT molecular complexity index is 1110. The van der Waals surface area contributed by atoms with E-state index in [0.717, 1.165) is 17.7 Å². The summed E-state index contributed by atoms with van der Waals surface area (Å²) in [5, 5.41) is 0. The number of methoxy groups -OCH3 is 1. The lowest BCUT2D eigenvalue weighted by Gasteiger charge is -2.42. The first kappa shape index (κ1) is 34.0. The zero-order valence-corrected chi connectivity index (χ0v) is 23.6. The van der Waals surface area contributed by atoms with E-state index in [-0.39, 0.29) is 61.6 Å². The maximum Gasteiger partial charge on any atom is 0.416 e. The van der Waals surface area contributed by atoms with Crippen LogP contribution in [0.3, 0.4) is 0 Å². The van der Waals surface area contributed by atoms with Crippen LogP contribution in [0.2, 0.25) is 0 Å². The Hall–Kier alpha value is -2.21. The van der Waals surface area contributed by atoms with Crippen molar-refractivity contribution in [1.82, 2.24) is 14.7 Å². The molecular formula is C27H33Cl2F6N3O2. The van der Waals surface area contributed by atoms with Gasteiger partial charge in [-0.15, -0.1) is 24.8 Å². The summed E-state index contributed by atoms with van der Waals surface area (Å²) in [6, 6.07) is 8.49. The fraction of sp³-hybridized carbons (Fsp3) is 0.519. The van der Waals surface area contributed by atoms with Gasteiger partial charge >= 0.3 is 6.18 Å². The van der Waals surface area contributed by atoms with E-state index in [0.29, 0.717) is 45.7 Å². The first-order valence-corrected chi connectivity index (χ1v) is 12.6. The normalized spacial score (nSPS) is 19.9. The van der Waals surface area contributed by atoms with Crippen LogP contribution >= 0.6 is 24.8 Å². The summed E-state index contributed by atoms with van der Waals surface area (Å²) >= 11 is 0. The van der Waals surface area contributed by atoms with Gasteiger partial charge in [-0.05, 0) is 42.3 Å². The smallest absolute Gasteiger partial charge is 0.416 e. The van der Waals surface area contributed by atoms with Crippen LogP contribution in [0.4, 0.5) is 26.3 Å². The van der Waals surface area contributed by atoms with Crippen molar-refractivity contribution < 1.29 is 35.9 Å². The molecule has 0 bridgehead atoms. The van der Waals surface area contributed by atoms with Crippen molar-refractivity contribution in [2.24, 2.45) is 0 Å². The molecule has 0 spiro atoms. The Morgan fingerprint density at radius 3 is 2.17 bits per heavy atom. The first-order valence-electron chi connectivity index (χ1n) is 12.6. The van der Waals surface area contributed by atoms with Gasteiger partial charge in [-0.3, -0.25) is 9.69 Å². The lowest BCUT2D eigenvalue weighted by atomic mass is 10.00. The van der Waals surface area contributed by atoms with Crippen molar-refractivity contribution in [3.63, 3.8) is 0 Å². The van der Waals surface area contributed by atoms with Gasteiger partial charge in [-0.25, -0.2) is 13.2 Å². The molecule has 1 amide bonds. The number of carbonyl (C=O) groups is 1. The molecule has 5 nitrogen and oxygen atoms in total. The van der Waals surface area contributed by atoms with Crippen LogP contribution in [0.25, 0.3) is 0 Å². The largest absolute Gasteiger partial charge is 0.497 e. The molecular weight excluding hydrogens is 583 g/mol. The van der Waals surface area contributed by atoms with Crippen molar-refractivity contribution in [1.29, 1.82) is 0 Å². The standard InChI is InChI=1S/C27H31F6N3O2.2ClH/c1-38-24-16-20(15-21(17-24)27(31,32)33)25(37)36-13-12-35(11-10-34-8-6-26(29,30)7-9-34)18-23(36)14-19-2-4-22(28)5-3-19;;/h2-5,15-17,23H,6-14,18H2,1H3;2*1H/t23-;;/m1../s1. The van der Waals surface area contributed by atoms with Crippen molar-refractivity contribution in [2.45, 2.75) is 37.4 Å². The topological polar surface area (TPSA) is 36.0 Å². The Morgan fingerprint density at radius 1 is 0.950 bits per heavy atom. The lowest BCUT2D eigenvalue weighted by molar-refractivity contribution is -0.137. The number of benzene rings is 2. The Morgan fingerprint density at radius 2 is 1.57 bits per heavy atom. The van der Waals surface area contributed by atoms with Gasteiger partial charge in [0.15, 0.2) is 0 Å². The number of hydrogen-bond donors (Lipinski definition) is 0. The maximum absolute atomic E-state index is 13.5. The first-order chi connectivity index (χ1) is 17.9. The number of hydrogen-bond acceptors (Lipinski definition) is 4. The average molecular weight is 616 g/mol. The molecule has 0 aliphatic carbocycles. The number of nitrogens with zero attached hydrogens (tertiary/aromatic N) is 3. The molecule has 0 unspecified atom stereocenters. The van der Waals surface area contributed by atoms with Crippen molar-refractivity contribution in [3.05, 3.63) is 65.0 Å². The molecule has 2 fully saturated rings. The van der Waals surface area contributed by atoms with E-state index in [9.17, 15) is 31.1 Å². The third-order valence-corrected chi connectivity index (χ3v) is 7.25. The van der Waals surface area contributed by atoms with Gasteiger partial charge in [0.05, 0.1) is 12.7 Å². The highest BCUT2D eigenvalue weighted by Crippen LogP contribution is 2.33. The Labute approximate surface area is 242 Å².